The Hall–Kier alpha value is -2.33. The van der Waals surface area contributed by atoms with Crippen LogP contribution in [0.2, 0.25) is 0 Å². The number of piperidine rings is 1. The van der Waals surface area contributed by atoms with Crippen LogP contribution < -0.4 is 4.74 Å². The van der Waals surface area contributed by atoms with Crippen LogP contribution in [0.3, 0.4) is 0 Å². The molecule has 0 saturated carbocycles. The van der Waals surface area contributed by atoms with Crippen molar-refractivity contribution in [3.8, 4) is 5.75 Å². The lowest BCUT2D eigenvalue weighted by molar-refractivity contribution is -0.135. The summed E-state index contributed by atoms with van der Waals surface area (Å²) in [7, 11) is 0. The standard InChI is InChI=1S/C21H23NO3/c23-20(15-6-2-1-3-7-15)16-10-12-22(13-11-16)21(24)18-14-25-19-9-5-4-8-17(18)19/h1-9,16,18,20,23H,10-14H2. The molecule has 0 aromatic heterocycles. The summed E-state index contributed by atoms with van der Waals surface area (Å²) in [6, 6.07) is 17.6. The van der Waals surface area contributed by atoms with Crippen LogP contribution in [0.4, 0.5) is 0 Å². The van der Waals surface area contributed by atoms with Gasteiger partial charge in [0.25, 0.3) is 0 Å². The number of amides is 1. The van der Waals surface area contributed by atoms with E-state index < -0.39 is 6.10 Å². The van der Waals surface area contributed by atoms with Gasteiger partial charge in [-0.3, -0.25) is 4.79 Å². The van der Waals surface area contributed by atoms with Gasteiger partial charge in [-0.2, -0.15) is 0 Å². The molecule has 4 rings (SSSR count). The minimum absolute atomic E-state index is 0.151. The average Bonchev–Trinajstić information content (AvgIpc) is 3.12. The molecule has 0 spiro atoms. The van der Waals surface area contributed by atoms with Gasteiger partial charge >= 0.3 is 0 Å². The highest BCUT2D eigenvalue weighted by molar-refractivity contribution is 5.85. The minimum atomic E-state index is -0.450. The molecule has 0 aliphatic carbocycles. The van der Waals surface area contributed by atoms with Crippen molar-refractivity contribution >= 4 is 5.91 Å². The Kier molecular flexibility index (Phi) is 4.45. The Morgan fingerprint density at radius 2 is 1.72 bits per heavy atom. The first-order valence-corrected chi connectivity index (χ1v) is 8.97. The van der Waals surface area contributed by atoms with Gasteiger partial charge in [0, 0.05) is 18.7 Å². The van der Waals surface area contributed by atoms with Crippen molar-refractivity contribution in [3.05, 3.63) is 65.7 Å². The number of ether oxygens (including phenoxy) is 1. The minimum Gasteiger partial charge on any atom is -0.492 e. The number of carbonyl (C=O) groups is 1. The number of fused-ring (bicyclic) bond motifs is 1. The van der Waals surface area contributed by atoms with E-state index in [0.29, 0.717) is 19.7 Å². The van der Waals surface area contributed by atoms with Crippen LogP contribution >= 0.6 is 0 Å². The van der Waals surface area contributed by atoms with Gasteiger partial charge in [-0.1, -0.05) is 48.5 Å². The molecule has 1 amide bonds. The predicted octanol–water partition coefficient (Wildman–Crippen LogP) is 3.13. The van der Waals surface area contributed by atoms with Gasteiger partial charge < -0.3 is 14.7 Å². The molecular formula is C21H23NO3. The topological polar surface area (TPSA) is 49.8 Å². The molecule has 2 aromatic carbocycles. The van der Waals surface area contributed by atoms with Crippen LogP contribution in [0, 0.1) is 5.92 Å². The molecule has 130 valence electrons. The molecule has 2 atom stereocenters. The Balaban J connectivity index is 1.38. The number of para-hydroxylation sites is 1. The van der Waals surface area contributed by atoms with Crippen LogP contribution in [0.5, 0.6) is 5.75 Å². The highest BCUT2D eigenvalue weighted by Crippen LogP contribution is 2.36. The van der Waals surface area contributed by atoms with E-state index in [1.54, 1.807) is 0 Å². The van der Waals surface area contributed by atoms with E-state index in [4.69, 9.17) is 4.74 Å². The number of nitrogens with zero attached hydrogens (tertiary/aromatic N) is 1. The molecule has 2 heterocycles. The van der Waals surface area contributed by atoms with Gasteiger partial charge in [-0.15, -0.1) is 0 Å². The summed E-state index contributed by atoms with van der Waals surface area (Å²) in [5.74, 6) is 0.998. The van der Waals surface area contributed by atoms with Crippen molar-refractivity contribution in [2.24, 2.45) is 5.92 Å². The average molecular weight is 337 g/mol. The van der Waals surface area contributed by atoms with Crippen molar-refractivity contribution in [2.75, 3.05) is 19.7 Å². The van der Waals surface area contributed by atoms with Crippen LogP contribution in [0.1, 0.15) is 36.0 Å². The van der Waals surface area contributed by atoms with E-state index in [1.165, 1.54) is 0 Å². The molecule has 2 aliphatic heterocycles. The maximum Gasteiger partial charge on any atom is 0.233 e. The van der Waals surface area contributed by atoms with Crippen LogP contribution in [-0.4, -0.2) is 35.6 Å². The highest BCUT2D eigenvalue weighted by Gasteiger charge is 2.35. The van der Waals surface area contributed by atoms with E-state index >= 15 is 0 Å². The van der Waals surface area contributed by atoms with Crippen LogP contribution in [0.25, 0.3) is 0 Å². The Bertz CT molecular complexity index is 738. The molecule has 0 radical (unpaired) electrons. The monoisotopic (exact) mass is 337 g/mol. The van der Waals surface area contributed by atoms with Gasteiger partial charge in [0.05, 0.1) is 6.10 Å². The zero-order valence-electron chi connectivity index (χ0n) is 14.2. The zero-order chi connectivity index (χ0) is 17.2. The van der Waals surface area contributed by atoms with Crippen LogP contribution in [-0.2, 0) is 4.79 Å². The SMILES string of the molecule is O=C(C1COc2ccccc21)N1CCC(C(O)c2ccccc2)CC1. The first kappa shape index (κ1) is 16.2. The number of benzene rings is 2. The van der Waals surface area contributed by atoms with E-state index in [2.05, 4.69) is 0 Å². The first-order chi connectivity index (χ1) is 12.2. The molecule has 25 heavy (non-hydrogen) atoms. The second-order valence-corrected chi connectivity index (χ2v) is 6.92. The Morgan fingerprint density at radius 3 is 2.48 bits per heavy atom. The summed E-state index contributed by atoms with van der Waals surface area (Å²) >= 11 is 0. The summed E-state index contributed by atoms with van der Waals surface area (Å²) in [4.78, 5) is 14.8. The molecular weight excluding hydrogens is 314 g/mol. The van der Waals surface area contributed by atoms with Gasteiger partial charge in [0.2, 0.25) is 5.91 Å². The lowest BCUT2D eigenvalue weighted by Crippen LogP contribution is -2.42. The van der Waals surface area contributed by atoms with Crippen LogP contribution in [0.15, 0.2) is 54.6 Å². The zero-order valence-corrected chi connectivity index (χ0v) is 14.2. The molecule has 0 bridgehead atoms. The molecule has 2 unspecified atom stereocenters. The summed E-state index contributed by atoms with van der Waals surface area (Å²) in [5.41, 5.74) is 1.96. The van der Waals surface area contributed by atoms with E-state index in [1.807, 2.05) is 59.5 Å². The molecule has 4 heteroatoms. The fourth-order valence-corrected chi connectivity index (χ4v) is 3.95. The third-order valence-electron chi connectivity index (χ3n) is 5.44. The maximum absolute atomic E-state index is 12.9. The number of hydrogen-bond acceptors (Lipinski definition) is 3. The summed E-state index contributed by atoms with van der Waals surface area (Å²) in [6.45, 7) is 1.84. The van der Waals surface area contributed by atoms with Gasteiger partial charge in [0.15, 0.2) is 0 Å². The number of carbonyl (C=O) groups excluding carboxylic acids is 1. The van der Waals surface area contributed by atoms with Crippen molar-refractivity contribution < 1.29 is 14.6 Å². The summed E-state index contributed by atoms with van der Waals surface area (Å²) in [6.07, 6.45) is 1.21. The molecule has 1 saturated heterocycles. The predicted molar refractivity (Wildman–Crippen MR) is 95.4 cm³/mol. The van der Waals surface area contributed by atoms with Gasteiger partial charge in [0.1, 0.15) is 18.3 Å². The smallest absolute Gasteiger partial charge is 0.233 e. The third kappa shape index (κ3) is 3.14. The molecule has 1 fully saturated rings. The van der Waals surface area contributed by atoms with Gasteiger partial charge in [-0.25, -0.2) is 0 Å². The number of hydrogen-bond donors (Lipinski definition) is 1. The molecule has 1 N–H and O–H groups in total. The third-order valence-corrected chi connectivity index (χ3v) is 5.44. The van der Waals surface area contributed by atoms with Crippen molar-refractivity contribution in [3.63, 3.8) is 0 Å². The summed E-state index contributed by atoms with van der Waals surface area (Å²) < 4.78 is 5.65. The molecule has 2 aromatic rings. The molecule has 4 nitrogen and oxygen atoms in total. The Morgan fingerprint density at radius 1 is 1.04 bits per heavy atom. The number of rotatable bonds is 3. The number of aliphatic hydroxyl groups excluding tert-OH is 1. The fourth-order valence-electron chi connectivity index (χ4n) is 3.95. The second-order valence-electron chi connectivity index (χ2n) is 6.92. The lowest BCUT2D eigenvalue weighted by atomic mass is 9.87. The largest absolute Gasteiger partial charge is 0.492 e. The maximum atomic E-state index is 12.9. The highest BCUT2D eigenvalue weighted by atomic mass is 16.5. The van der Waals surface area contributed by atoms with E-state index in [9.17, 15) is 9.90 Å². The van der Waals surface area contributed by atoms with Crippen molar-refractivity contribution in [1.29, 1.82) is 0 Å². The van der Waals surface area contributed by atoms with E-state index in [-0.39, 0.29) is 17.7 Å². The number of aliphatic hydroxyl groups is 1. The van der Waals surface area contributed by atoms with Crippen molar-refractivity contribution in [2.45, 2.75) is 24.9 Å². The first-order valence-electron chi connectivity index (χ1n) is 8.97. The quantitative estimate of drug-likeness (QED) is 0.936. The summed E-state index contributed by atoms with van der Waals surface area (Å²) in [5, 5.41) is 10.6. The van der Waals surface area contributed by atoms with Gasteiger partial charge in [-0.05, 0) is 30.4 Å². The number of likely N-dealkylation sites (tertiary alicyclic amines) is 1. The normalized spacial score (nSPS) is 21.5. The lowest BCUT2D eigenvalue weighted by Gasteiger charge is -2.35. The second kappa shape index (κ2) is 6.89. The molecule has 2 aliphatic rings. The van der Waals surface area contributed by atoms with E-state index in [0.717, 1.165) is 29.7 Å². The van der Waals surface area contributed by atoms with Crippen molar-refractivity contribution in [1.82, 2.24) is 4.90 Å². The fraction of sp³-hybridized carbons (Fsp3) is 0.381. The Labute approximate surface area is 148 Å².